The summed E-state index contributed by atoms with van der Waals surface area (Å²) < 4.78 is 6.10. The molecule has 138 valence electrons. The van der Waals surface area contributed by atoms with Crippen molar-refractivity contribution in [2.24, 2.45) is 0 Å². The highest BCUT2D eigenvalue weighted by atomic mass is 16.3. The van der Waals surface area contributed by atoms with Crippen molar-refractivity contribution in [3.05, 3.63) is 96.1 Å². The maximum absolute atomic E-state index is 6.10. The van der Waals surface area contributed by atoms with Gasteiger partial charge in [0.25, 0.3) is 0 Å². The molecular formula is C27H19NO. The van der Waals surface area contributed by atoms with Crippen LogP contribution in [0.25, 0.3) is 33.1 Å². The molecule has 1 unspecified atom stereocenters. The summed E-state index contributed by atoms with van der Waals surface area (Å²) in [6, 6.07) is 31.1. The van der Waals surface area contributed by atoms with Crippen molar-refractivity contribution in [1.29, 1.82) is 0 Å². The molecule has 0 saturated carbocycles. The number of anilines is 2. The predicted molar refractivity (Wildman–Crippen MR) is 119 cm³/mol. The van der Waals surface area contributed by atoms with Gasteiger partial charge in [-0.2, -0.15) is 0 Å². The van der Waals surface area contributed by atoms with E-state index in [1.54, 1.807) is 0 Å². The zero-order valence-electron chi connectivity index (χ0n) is 15.9. The first kappa shape index (κ1) is 15.4. The van der Waals surface area contributed by atoms with Crippen LogP contribution in [-0.4, -0.2) is 6.04 Å². The standard InChI is InChI=1S/C27H19NO/c1-3-9-23-18(6-1)15-20-16-19-14-17(12-13-24(19)28(20)23)21-8-5-11-26-27(21)22-7-2-4-10-25(22)29-26/h1-14,20H,15-16H2. The lowest BCUT2D eigenvalue weighted by molar-refractivity contribution is 0.669. The second-order valence-corrected chi connectivity index (χ2v) is 8.18. The highest BCUT2D eigenvalue weighted by Crippen LogP contribution is 2.47. The van der Waals surface area contributed by atoms with Gasteiger partial charge in [-0.1, -0.05) is 54.6 Å². The molecule has 0 fully saturated rings. The molecule has 2 heteroatoms. The Bertz CT molecular complexity index is 1430. The van der Waals surface area contributed by atoms with Crippen LogP contribution in [0.15, 0.2) is 89.3 Å². The molecule has 0 amide bonds. The predicted octanol–water partition coefficient (Wildman–Crippen LogP) is 6.87. The van der Waals surface area contributed by atoms with E-state index < -0.39 is 0 Å². The Morgan fingerprint density at radius 3 is 2.48 bits per heavy atom. The van der Waals surface area contributed by atoms with Crippen molar-refractivity contribution < 1.29 is 4.42 Å². The molecule has 5 aromatic rings. The fraction of sp³-hybridized carbons (Fsp3) is 0.111. The Kier molecular flexibility index (Phi) is 2.93. The summed E-state index contributed by atoms with van der Waals surface area (Å²) in [5.74, 6) is 0. The summed E-state index contributed by atoms with van der Waals surface area (Å²) in [4.78, 5) is 2.54. The number of nitrogens with zero attached hydrogens (tertiary/aromatic N) is 1. The molecule has 0 aliphatic carbocycles. The number of benzene rings is 4. The third kappa shape index (κ3) is 2.06. The molecule has 4 aromatic carbocycles. The molecule has 1 atom stereocenters. The minimum absolute atomic E-state index is 0.559. The largest absolute Gasteiger partial charge is 0.456 e. The van der Waals surface area contributed by atoms with Gasteiger partial charge >= 0.3 is 0 Å². The Labute approximate surface area is 169 Å². The van der Waals surface area contributed by atoms with Crippen molar-refractivity contribution in [2.75, 3.05) is 4.90 Å². The number of furan rings is 1. The highest BCUT2D eigenvalue weighted by molar-refractivity contribution is 6.12. The van der Waals surface area contributed by atoms with Gasteiger partial charge in [0.1, 0.15) is 11.2 Å². The summed E-state index contributed by atoms with van der Waals surface area (Å²) in [6.07, 6.45) is 2.25. The zero-order valence-corrected chi connectivity index (χ0v) is 15.9. The molecule has 0 spiro atoms. The van der Waals surface area contributed by atoms with Crippen LogP contribution >= 0.6 is 0 Å². The third-order valence-corrected chi connectivity index (χ3v) is 6.58. The van der Waals surface area contributed by atoms with Gasteiger partial charge in [-0.3, -0.25) is 0 Å². The molecule has 0 radical (unpaired) electrons. The van der Waals surface area contributed by atoms with Gasteiger partial charge in [0, 0.05) is 28.2 Å². The molecule has 2 aliphatic rings. The number of hydrogen-bond acceptors (Lipinski definition) is 2. The fourth-order valence-electron chi connectivity index (χ4n) is 5.37. The van der Waals surface area contributed by atoms with E-state index in [-0.39, 0.29) is 0 Å². The Morgan fingerprint density at radius 1 is 0.690 bits per heavy atom. The molecule has 0 bridgehead atoms. The second-order valence-electron chi connectivity index (χ2n) is 8.18. The number of fused-ring (bicyclic) bond motifs is 8. The summed E-state index contributed by atoms with van der Waals surface area (Å²) in [7, 11) is 0. The highest BCUT2D eigenvalue weighted by Gasteiger charge is 2.36. The molecule has 2 aliphatic heterocycles. The monoisotopic (exact) mass is 373 g/mol. The Hall–Kier alpha value is -3.52. The Morgan fingerprint density at radius 2 is 1.48 bits per heavy atom. The lowest BCUT2D eigenvalue weighted by Gasteiger charge is -2.20. The van der Waals surface area contributed by atoms with Crippen LogP contribution in [0, 0.1) is 0 Å². The molecule has 3 heterocycles. The van der Waals surface area contributed by atoms with Gasteiger partial charge in [0.05, 0.1) is 0 Å². The van der Waals surface area contributed by atoms with Crippen LogP contribution in [0.1, 0.15) is 11.1 Å². The summed E-state index contributed by atoms with van der Waals surface area (Å²) in [5.41, 5.74) is 10.1. The molecule has 0 saturated heterocycles. The summed E-state index contributed by atoms with van der Waals surface area (Å²) in [5, 5.41) is 2.40. The molecule has 29 heavy (non-hydrogen) atoms. The van der Waals surface area contributed by atoms with Gasteiger partial charge in [-0.25, -0.2) is 0 Å². The Balaban J connectivity index is 1.41. The molecule has 7 rings (SSSR count). The lowest BCUT2D eigenvalue weighted by atomic mass is 9.96. The third-order valence-electron chi connectivity index (χ3n) is 6.58. The topological polar surface area (TPSA) is 16.4 Å². The molecule has 2 nitrogen and oxygen atoms in total. The second kappa shape index (κ2) is 5.51. The number of para-hydroxylation sites is 2. The van der Waals surface area contributed by atoms with Crippen molar-refractivity contribution in [3.63, 3.8) is 0 Å². The van der Waals surface area contributed by atoms with E-state index in [0.717, 1.165) is 24.0 Å². The molecular weight excluding hydrogens is 354 g/mol. The quantitative estimate of drug-likeness (QED) is 0.319. The average Bonchev–Trinajstić information content (AvgIpc) is 3.42. The van der Waals surface area contributed by atoms with Gasteiger partial charge in [0.15, 0.2) is 0 Å². The maximum atomic E-state index is 6.10. The van der Waals surface area contributed by atoms with Crippen molar-refractivity contribution >= 4 is 33.3 Å². The number of rotatable bonds is 1. The zero-order chi connectivity index (χ0) is 18.9. The SMILES string of the molecule is c1ccc2c(c1)CC1Cc3cc(-c4cccc5oc6ccccc6c45)ccc3N21. The van der Waals surface area contributed by atoms with E-state index >= 15 is 0 Å². The van der Waals surface area contributed by atoms with Crippen LogP contribution in [0.3, 0.4) is 0 Å². The van der Waals surface area contributed by atoms with Crippen LogP contribution in [0.4, 0.5) is 11.4 Å². The lowest BCUT2D eigenvalue weighted by Crippen LogP contribution is -2.22. The van der Waals surface area contributed by atoms with Crippen molar-refractivity contribution in [1.82, 2.24) is 0 Å². The molecule has 1 aromatic heterocycles. The first-order valence-corrected chi connectivity index (χ1v) is 10.3. The fourth-order valence-corrected chi connectivity index (χ4v) is 5.37. The van der Waals surface area contributed by atoms with Crippen molar-refractivity contribution in [3.8, 4) is 11.1 Å². The average molecular weight is 373 g/mol. The van der Waals surface area contributed by atoms with E-state index in [0.29, 0.717) is 6.04 Å². The van der Waals surface area contributed by atoms with E-state index in [1.165, 1.54) is 44.4 Å². The van der Waals surface area contributed by atoms with Crippen molar-refractivity contribution in [2.45, 2.75) is 18.9 Å². The molecule has 0 N–H and O–H groups in total. The minimum Gasteiger partial charge on any atom is -0.456 e. The van der Waals surface area contributed by atoms with Crippen LogP contribution < -0.4 is 4.90 Å². The van der Waals surface area contributed by atoms with Crippen LogP contribution in [0.5, 0.6) is 0 Å². The van der Waals surface area contributed by atoms with E-state index in [1.807, 2.05) is 12.1 Å². The maximum Gasteiger partial charge on any atom is 0.136 e. The van der Waals surface area contributed by atoms with Crippen LogP contribution in [-0.2, 0) is 12.8 Å². The number of hydrogen-bond donors (Lipinski definition) is 0. The van der Waals surface area contributed by atoms with Gasteiger partial charge in [-0.15, -0.1) is 0 Å². The first-order chi connectivity index (χ1) is 14.4. The van der Waals surface area contributed by atoms with Gasteiger partial charge < -0.3 is 9.32 Å². The van der Waals surface area contributed by atoms with Crippen LogP contribution in [0.2, 0.25) is 0 Å². The van der Waals surface area contributed by atoms with E-state index in [4.69, 9.17) is 4.42 Å². The smallest absolute Gasteiger partial charge is 0.136 e. The van der Waals surface area contributed by atoms with Gasteiger partial charge in [0.2, 0.25) is 0 Å². The van der Waals surface area contributed by atoms with Gasteiger partial charge in [-0.05, 0) is 65.4 Å². The summed E-state index contributed by atoms with van der Waals surface area (Å²) >= 11 is 0. The minimum atomic E-state index is 0.559. The normalized spacial score (nSPS) is 17.0. The summed E-state index contributed by atoms with van der Waals surface area (Å²) in [6.45, 7) is 0. The first-order valence-electron chi connectivity index (χ1n) is 10.3. The van der Waals surface area contributed by atoms with E-state index in [2.05, 4.69) is 77.7 Å². The van der Waals surface area contributed by atoms with E-state index in [9.17, 15) is 0 Å².